The number of para-hydroxylation sites is 3. The van der Waals surface area contributed by atoms with Crippen LogP contribution in [0.15, 0.2) is 255 Å². The van der Waals surface area contributed by atoms with E-state index in [0.29, 0.717) is 0 Å². The smallest absolute Gasteiger partial charge is 0.0561 e. The zero-order chi connectivity index (χ0) is 42.4. The van der Waals surface area contributed by atoms with Crippen molar-refractivity contribution in [3.63, 3.8) is 0 Å². The third-order valence-corrected chi connectivity index (χ3v) is 12.8. The number of hydrogen-bond donors (Lipinski definition) is 0. The Kier molecular flexibility index (Phi) is 9.20. The summed E-state index contributed by atoms with van der Waals surface area (Å²) in [6.07, 6.45) is 0. The lowest BCUT2D eigenvalue weighted by molar-refractivity contribution is 1.18. The highest BCUT2D eigenvalue weighted by molar-refractivity contribution is 6.14. The van der Waals surface area contributed by atoms with Crippen LogP contribution >= 0.6 is 0 Å². The maximum atomic E-state index is 2.45. The molecule has 0 aliphatic rings. The summed E-state index contributed by atoms with van der Waals surface area (Å²) in [4.78, 5) is 2.45. The molecule has 0 saturated heterocycles. The van der Waals surface area contributed by atoms with Gasteiger partial charge in [0.2, 0.25) is 0 Å². The van der Waals surface area contributed by atoms with Crippen molar-refractivity contribution in [3.05, 3.63) is 255 Å². The number of benzene rings is 11. The van der Waals surface area contributed by atoms with Gasteiger partial charge in [-0.15, -0.1) is 0 Å². The summed E-state index contributed by atoms with van der Waals surface area (Å²) < 4.78 is 2.40. The molecule has 0 saturated carbocycles. The van der Waals surface area contributed by atoms with E-state index in [2.05, 4.69) is 264 Å². The molecule has 0 bridgehead atoms. The predicted octanol–water partition coefficient (Wildman–Crippen LogP) is 17.2. The Balaban J connectivity index is 1.08. The van der Waals surface area contributed by atoms with Crippen LogP contribution in [0.3, 0.4) is 0 Å². The Bertz CT molecular complexity index is 3660. The van der Waals surface area contributed by atoms with E-state index in [1.807, 2.05) is 0 Å². The highest BCUT2D eigenvalue weighted by Crippen LogP contribution is 2.47. The molecule has 0 amide bonds. The van der Waals surface area contributed by atoms with E-state index in [1.54, 1.807) is 0 Å². The van der Waals surface area contributed by atoms with E-state index in [9.17, 15) is 0 Å². The second kappa shape index (κ2) is 15.8. The number of aromatic nitrogens is 1. The van der Waals surface area contributed by atoms with Gasteiger partial charge in [-0.25, -0.2) is 0 Å². The number of anilines is 3. The lowest BCUT2D eigenvalue weighted by Crippen LogP contribution is -2.11. The van der Waals surface area contributed by atoms with Crippen LogP contribution < -0.4 is 4.90 Å². The fraction of sp³-hybridized carbons (Fsp3) is 0. The fourth-order valence-electron chi connectivity index (χ4n) is 9.90. The van der Waals surface area contributed by atoms with Crippen LogP contribution in [0.25, 0.3) is 93.5 Å². The lowest BCUT2D eigenvalue weighted by Gasteiger charge is -2.29. The highest BCUT2D eigenvalue weighted by atomic mass is 15.1. The lowest BCUT2D eigenvalue weighted by atomic mass is 9.88. The molecule has 0 aliphatic heterocycles. The molecule has 2 nitrogen and oxygen atoms in total. The fourth-order valence-corrected chi connectivity index (χ4v) is 9.90. The second-order valence-corrected chi connectivity index (χ2v) is 16.4. The molecule has 1 aromatic heterocycles. The monoisotopic (exact) mass is 814 g/mol. The van der Waals surface area contributed by atoms with Crippen molar-refractivity contribution in [2.45, 2.75) is 0 Å². The van der Waals surface area contributed by atoms with E-state index in [0.717, 1.165) is 33.8 Å². The minimum Gasteiger partial charge on any atom is -0.310 e. The van der Waals surface area contributed by atoms with Gasteiger partial charge in [0.05, 0.1) is 16.7 Å². The molecule has 0 radical (unpaired) electrons. The van der Waals surface area contributed by atoms with Crippen molar-refractivity contribution in [1.82, 2.24) is 4.57 Å². The van der Waals surface area contributed by atoms with Crippen LogP contribution in [0.2, 0.25) is 0 Å². The van der Waals surface area contributed by atoms with E-state index >= 15 is 0 Å². The first-order chi connectivity index (χ1) is 31.8. The number of rotatable bonds is 8. The minimum absolute atomic E-state index is 1.07. The van der Waals surface area contributed by atoms with Gasteiger partial charge in [-0.2, -0.15) is 0 Å². The summed E-state index contributed by atoms with van der Waals surface area (Å²) in [6, 6.07) is 92.7. The molecule has 0 spiro atoms. The van der Waals surface area contributed by atoms with Gasteiger partial charge in [0.1, 0.15) is 0 Å². The standard InChI is InChI=1S/C62H42N2/c1-3-19-43(20-4-1)49-24-9-10-26-51(49)53-28-12-13-29-54(53)56-31-15-17-33-60(56)63(48-39-40-58-57-32-16-18-34-61(57)64(62(58)42-48)46-22-5-2-6-23-46)47-37-35-44(36-38-47)59-41-45-21-7-8-25-50(45)52-27-11-14-30-55(52)59/h1-42H. The Hall–Kier alpha value is -8.46. The molecule has 0 N–H and O–H groups in total. The van der Waals surface area contributed by atoms with Gasteiger partial charge < -0.3 is 9.47 Å². The molecular weight excluding hydrogens is 773 g/mol. The first kappa shape index (κ1) is 37.3. The normalized spacial score (nSPS) is 11.4. The predicted molar refractivity (Wildman–Crippen MR) is 272 cm³/mol. The van der Waals surface area contributed by atoms with Crippen LogP contribution in [-0.2, 0) is 0 Å². The summed E-state index contributed by atoms with van der Waals surface area (Å²) in [7, 11) is 0. The Morgan fingerprint density at radius 3 is 1.52 bits per heavy atom. The highest BCUT2D eigenvalue weighted by Gasteiger charge is 2.22. The molecule has 64 heavy (non-hydrogen) atoms. The first-order valence-electron chi connectivity index (χ1n) is 22.0. The third-order valence-electron chi connectivity index (χ3n) is 12.8. The summed E-state index contributed by atoms with van der Waals surface area (Å²) in [5.74, 6) is 0. The molecule has 300 valence electrons. The zero-order valence-corrected chi connectivity index (χ0v) is 35.1. The molecule has 0 fully saturated rings. The van der Waals surface area contributed by atoms with Gasteiger partial charge in [-0.1, -0.05) is 200 Å². The summed E-state index contributed by atoms with van der Waals surface area (Å²) in [5.41, 5.74) is 16.2. The molecule has 12 aromatic rings. The topological polar surface area (TPSA) is 8.17 Å². The van der Waals surface area contributed by atoms with E-state index < -0.39 is 0 Å². The van der Waals surface area contributed by atoms with Crippen molar-refractivity contribution < 1.29 is 0 Å². The van der Waals surface area contributed by atoms with Crippen molar-refractivity contribution in [2.24, 2.45) is 0 Å². The summed E-state index contributed by atoms with van der Waals surface area (Å²) in [5, 5.41) is 7.49. The van der Waals surface area contributed by atoms with Gasteiger partial charge in [0, 0.05) is 33.4 Å². The molecule has 0 aliphatic carbocycles. The number of fused-ring (bicyclic) bond motifs is 6. The first-order valence-corrected chi connectivity index (χ1v) is 22.0. The van der Waals surface area contributed by atoms with Crippen LogP contribution in [0.5, 0.6) is 0 Å². The van der Waals surface area contributed by atoms with Crippen molar-refractivity contribution in [1.29, 1.82) is 0 Å². The third kappa shape index (κ3) is 6.35. The Morgan fingerprint density at radius 1 is 0.266 bits per heavy atom. The second-order valence-electron chi connectivity index (χ2n) is 16.4. The van der Waals surface area contributed by atoms with Crippen molar-refractivity contribution in [2.75, 3.05) is 4.90 Å². The van der Waals surface area contributed by atoms with E-state index in [4.69, 9.17) is 0 Å². The van der Waals surface area contributed by atoms with Crippen molar-refractivity contribution >= 4 is 60.4 Å². The average molecular weight is 815 g/mol. The summed E-state index contributed by atoms with van der Waals surface area (Å²) >= 11 is 0. The van der Waals surface area contributed by atoms with Gasteiger partial charge in [0.15, 0.2) is 0 Å². The zero-order valence-electron chi connectivity index (χ0n) is 35.1. The quantitative estimate of drug-likeness (QED) is 0.139. The largest absolute Gasteiger partial charge is 0.310 e. The van der Waals surface area contributed by atoms with Crippen molar-refractivity contribution in [3.8, 4) is 50.2 Å². The van der Waals surface area contributed by atoms with Crippen LogP contribution in [0, 0.1) is 0 Å². The van der Waals surface area contributed by atoms with E-state index in [1.165, 1.54) is 76.8 Å². The van der Waals surface area contributed by atoms with Gasteiger partial charge >= 0.3 is 0 Å². The Morgan fingerprint density at radius 2 is 0.766 bits per heavy atom. The molecule has 11 aromatic carbocycles. The molecule has 2 heteroatoms. The molecule has 12 rings (SSSR count). The van der Waals surface area contributed by atoms with Gasteiger partial charge in [-0.05, 0) is 115 Å². The van der Waals surface area contributed by atoms with Crippen LogP contribution in [0.4, 0.5) is 17.1 Å². The molecule has 1 heterocycles. The minimum atomic E-state index is 1.07. The Labute approximate surface area is 373 Å². The van der Waals surface area contributed by atoms with Crippen LogP contribution in [0.1, 0.15) is 0 Å². The SMILES string of the molecule is c1ccc(-c2ccccc2-c2ccccc2-c2ccccc2N(c2ccc(-c3cc4ccccc4c4ccccc34)cc2)c2ccc3c4ccccc4n(-c4ccccc4)c3c2)cc1. The molecule has 0 atom stereocenters. The summed E-state index contributed by atoms with van der Waals surface area (Å²) in [6.45, 7) is 0. The molecule has 0 unspecified atom stereocenters. The number of nitrogens with zero attached hydrogens (tertiary/aromatic N) is 2. The molecular formula is C62H42N2. The maximum absolute atomic E-state index is 2.45. The van der Waals surface area contributed by atoms with Gasteiger partial charge in [0.25, 0.3) is 0 Å². The van der Waals surface area contributed by atoms with Gasteiger partial charge in [-0.3, -0.25) is 0 Å². The maximum Gasteiger partial charge on any atom is 0.0561 e. The average Bonchev–Trinajstić information content (AvgIpc) is 3.71. The number of hydrogen-bond acceptors (Lipinski definition) is 1. The van der Waals surface area contributed by atoms with E-state index in [-0.39, 0.29) is 0 Å². The van der Waals surface area contributed by atoms with Crippen LogP contribution in [-0.4, -0.2) is 4.57 Å².